The molecule has 0 unspecified atom stereocenters. The molecule has 0 spiro atoms. The summed E-state index contributed by atoms with van der Waals surface area (Å²) in [6, 6.07) is 4.68. The molecule has 0 aliphatic rings. The van der Waals surface area contributed by atoms with E-state index in [-0.39, 0.29) is 0 Å². The maximum absolute atomic E-state index is 7.93. The van der Waals surface area contributed by atoms with Crippen LogP contribution >= 0.6 is 11.3 Å². The van der Waals surface area contributed by atoms with Gasteiger partial charge in [-0.05, 0) is 23.6 Å². The van der Waals surface area contributed by atoms with Gasteiger partial charge in [0.1, 0.15) is 0 Å². The lowest BCUT2D eigenvalue weighted by Gasteiger charge is -2.03. The van der Waals surface area contributed by atoms with Crippen molar-refractivity contribution in [3.8, 4) is 0 Å². The van der Waals surface area contributed by atoms with E-state index in [4.69, 9.17) is 1.37 Å². The molecular weight excluding hydrogens is 166 g/mol. The third-order valence-corrected chi connectivity index (χ3v) is 2.69. The SMILES string of the molecule is [3H]c1c(C(C)C)ccc2scnc12. The Labute approximate surface area is 77.5 Å². The van der Waals surface area contributed by atoms with Gasteiger partial charge >= 0.3 is 0 Å². The smallest absolute Gasteiger partial charge is 0.0814 e. The van der Waals surface area contributed by atoms with Gasteiger partial charge in [0, 0.05) is 0 Å². The normalized spacial score (nSPS) is 12.4. The second-order valence-electron chi connectivity index (χ2n) is 3.13. The molecular formula is C10H11NS. The molecule has 0 bridgehead atoms. The molecule has 62 valence electrons. The van der Waals surface area contributed by atoms with E-state index < -0.39 is 0 Å². The Morgan fingerprint density at radius 1 is 1.50 bits per heavy atom. The predicted molar refractivity (Wildman–Crippen MR) is 53.7 cm³/mol. The third kappa shape index (κ3) is 1.23. The molecule has 0 aliphatic heterocycles. The van der Waals surface area contributed by atoms with E-state index in [9.17, 15) is 0 Å². The lowest BCUT2D eigenvalue weighted by Crippen LogP contribution is -1.85. The van der Waals surface area contributed by atoms with Crippen molar-refractivity contribution in [1.29, 1.82) is 0 Å². The summed E-state index contributed by atoms with van der Waals surface area (Å²) >= 11 is 1.59. The molecule has 1 heterocycles. The summed E-state index contributed by atoms with van der Waals surface area (Å²) in [6.45, 7) is 4.21. The summed E-state index contributed by atoms with van der Waals surface area (Å²) in [7, 11) is 0. The van der Waals surface area contributed by atoms with E-state index in [0.29, 0.717) is 12.0 Å². The number of hydrogen-bond donors (Lipinski definition) is 0. The average molecular weight is 179 g/mol. The first-order valence-electron chi connectivity index (χ1n) is 4.53. The lowest BCUT2D eigenvalue weighted by atomic mass is 10.0. The zero-order valence-electron chi connectivity index (χ0n) is 8.16. The van der Waals surface area contributed by atoms with Crippen LogP contribution in [0.5, 0.6) is 0 Å². The van der Waals surface area contributed by atoms with Crippen molar-refractivity contribution >= 4 is 21.6 Å². The highest BCUT2D eigenvalue weighted by Crippen LogP contribution is 2.22. The van der Waals surface area contributed by atoms with Crippen LogP contribution in [0.4, 0.5) is 0 Å². The monoisotopic (exact) mass is 179 g/mol. The van der Waals surface area contributed by atoms with Crippen molar-refractivity contribution in [2.45, 2.75) is 19.8 Å². The Balaban J connectivity index is 2.73. The lowest BCUT2D eigenvalue weighted by molar-refractivity contribution is 0.868. The van der Waals surface area contributed by atoms with Crippen LogP contribution in [0.3, 0.4) is 0 Å². The van der Waals surface area contributed by atoms with Crippen LogP contribution in [0.2, 0.25) is 0 Å². The molecule has 0 N–H and O–H groups in total. The Morgan fingerprint density at radius 3 is 3.08 bits per heavy atom. The Bertz CT molecular complexity index is 433. The number of rotatable bonds is 1. The molecule has 12 heavy (non-hydrogen) atoms. The summed E-state index contributed by atoms with van der Waals surface area (Å²) in [5.74, 6) is 0.401. The highest BCUT2D eigenvalue weighted by atomic mass is 32.1. The summed E-state index contributed by atoms with van der Waals surface area (Å²) in [6.07, 6.45) is 0. The van der Waals surface area contributed by atoms with E-state index in [1.54, 1.807) is 16.8 Å². The first-order valence-corrected chi connectivity index (χ1v) is 4.91. The summed E-state index contributed by atoms with van der Waals surface area (Å²) in [4.78, 5) is 4.19. The molecule has 1 aromatic carbocycles. The van der Waals surface area contributed by atoms with Crippen molar-refractivity contribution in [2.75, 3.05) is 0 Å². The Kier molecular flexibility index (Phi) is 1.58. The van der Waals surface area contributed by atoms with Gasteiger partial charge in [0.15, 0.2) is 0 Å². The summed E-state index contributed by atoms with van der Waals surface area (Å²) in [5, 5.41) is 0. The van der Waals surface area contributed by atoms with Crippen LogP contribution in [-0.4, -0.2) is 4.98 Å². The minimum atomic E-state index is 0.401. The predicted octanol–water partition coefficient (Wildman–Crippen LogP) is 3.42. The van der Waals surface area contributed by atoms with E-state index in [2.05, 4.69) is 24.9 Å². The summed E-state index contributed by atoms with van der Waals surface area (Å²) < 4.78 is 9.04. The van der Waals surface area contributed by atoms with Crippen LogP contribution < -0.4 is 0 Å². The zero-order chi connectivity index (χ0) is 9.42. The van der Waals surface area contributed by atoms with Crippen molar-refractivity contribution in [2.24, 2.45) is 0 Å². The zero-order valence-corrected chi connectivity index (χ0v) is 7.98. The van der Waals surface area contributed by atoms with Crippen molar-refractivity contribution < 1.29 is 1.37 Å². The molecule has 0 fully saturated rings. The van der Waals surface area contributed by atoms with E-state index in [1.165, 1.54) is 0 Å². The number of nitrogens with zero attached hydrogens (tertiary/aromatic N) is 1. The van der Waals surface area contributed by atoms with Crippen molar-refractivity contribution in [3.05, 3.63) is 29.2 Å². The maximum Gasteiger partial charge on any atom is 0.0814 e. The second kappa shape index (κ2) is 2.87. The molecule has 2 aromatic rings. The molecule has 2 rings (SSSR count). The standard InChI is InChI=1S/C10H11NS/c1-7(2)8-3-4-10-9(5-8)11-6-12-10/h3-7H,1-2H3/i5T. The fourth-order valence-electron chi connectivity index (χ4n) is 1.15. The highest BCUT2D eigenvalue weighted by molar-refractivity contribution is 7.16. The van der Waals surface area contributed by atoms with E-state index in [1.807, 2.05) is 6.07 Å². The summed E-state index contributed by atoms with van der Waals surface area (Å²) in [5.41, 5.74) is 3.72. The van der Waals surface area contributed by atoms with Crippen molar-refractivity contribution in [1.82, 2.24) is 4.98 Å². The Hall–Kier alpha value is -0.890. The molecule has 0 aliphatic carbocycles. The van der Waals surface area contributed by atoms with E-state index in [0.717, 1.165) is 15.8 Å². The minimum Gasteiger partial charge on any atom is -0.245 e. The molecule has 0 saturated carbocycles. The van der Waals surface area contributed by atoms with Gasteiger partial charge < -0.3 is 0 Å². The van der Waals surface area contributed by atoms with Gasteiger partial charge in [-0.15, -0.1) is 11.3 Å². The fourth-order valence-corrected chi connectivity index (χ4v) is 1.78. The number of thiazole rings is 1. The van der Waals surface area contributed by atoms with Gasteiger partial charge in [-0.1, -0.05) is 19.9 Å². The van der Waals surface area contributed by atoms with Crippen molar-refractivity contribution in [3.63, 3.8) is 0 Å². The number of benzene rings is 1. The molecule has 0 saturated heterocycles. The van der Waals surface area contributed by atoms with Gasteiger partial charge in [-0.3, -0.25) is 0 Å². The largest absolute Gasteiger partial charge is 0.245 e. The van der Waals surface area contributed by atoms with Gasteiger partial charge in [0.2, 0.25) is 0 Å². The Morgan fingerprint density at radius 2 is 2.33 bits per heavy atom. The first kappa shape index (κ1) is 6.61. The van der Waals surface area contributed by atoms with E-state index >= 15 is 0 Å². The molecule has 1 aromatic heterocycles. The van der Waals surface area contributed by atoms with Gasteiger partial charge in [0.25, 0.3) is 0 Å². The van der Waals surface area contributed by atoms with Gasteiger partial charge in [0.05, 0.1) is 17.1 Å². The number of hydrogen-bond acceptors (Lipinski definition) is 2. The third-order valence-electron chi connectivity index (χ3n) is 1.89. The molecule has 0 radical (unpaired) electrons. The average Bonchev–Trinajstić information content (AvgIpc) is 2.52. The minimum absolute atomic E-state index is 0.401. The quantitative estimate of drug-likeness (QED) is 0.653. The molecule has 2 heteroatoms. The van der Waals surface area contributed by atoms with Gasteiger partial charge in [-0.25, -0.2) is 4.98 Å². The van der Waals surface area contributed by atoms with Crippen LogP contribution in [0.25, 0.3) is 10.2 Å². The van der Waals surface area contributed by atoms with Crippen LogP contribution in [-0.2, 0) is 0 Å². The fraction of sp³-hybridized carbons (Fsp3) is 0.300. The number of fused-ring (bicyclic) bond motifs is 1. The van der Waals surface area contributed by atoms with Crippen LogP contribution in [0, 0.1) is 0 Å². The highest BCUT2D eigenvalue weighted by Gasteiger charge is 2.01. The second-order valence-corrected chi connectivity index (χ2v) is 4.02. The maximum atomic E-state index is 7.93. The molecule has 0 amide bonds. The molecule has 1 nitrogen and oxygen atoms in total. The van der Waals surface area contributed by atoms with Gasteiger partial charge in [-0.2, -0.15) is 0 Å². The molecule has 0 atom stereocenters. The first-order chi connectivity index (χ1) is 6.20. The number of aromatic nitrogens is 1. The van der Waals surface area contributed by atoms with Crippen LogP contribution in [0.15, 0.2) is 23.7 Å². The topological polar surface area (TPSA) is 12.9 Å². The van der Waals surface area contributed by atoms with Crippen LogP contribution in [0.1, 0.15) is 26.7 Å².